The number of rotatable bonds is 3. The Bertz CT molecular complexity index is 325. The summed E-state index contributed by atoms with van der Waals surface area (Å²) >= 11 is 0. The van der Waals surface area contributed by atoms with Crippen LogP contribution >= 0.6 is 0 Å². The first-order chi connectivity index (χ1) is 8.87. The number of hydrogen-bond donors (Lipinski definition) is 1. The van der Waals surface area contributed by atoms with Crippen molar-refractivity contribution in [2.45, 2.75) is 71.1 Å². The Morgan fingerprint density at radius 3 is 2.63 bits per heavy atom. The third kappa shape index (κ3) is 4.37. The van der Waals surface area contributed by atoms with Gasteiger partial charge in [0.25, 0.3) is 0 Å². The molecule has 0 aromatic heterocycles. The summed E-state index contributed by atoms with van der Waals surface area (Å²) in [6.45, 7) is 9.79. The van der Waals surface area contributed by atoms with Gasteiger partial charge in [0.1, 0.15) is 5.60 Å². The van der Waals surface area contributed by atoms with Crippen LogP contribution in [0.5, 0.6) is 0 Å². The van der Waals surface area contributed by atoms with Crippen LogP contribution in [0.4, 0.5) is 4.79 Å². The maximum absolute atomic E-state index is 12.2. The number of carbonyl (C=O) groups excluding carboxylic acids is 1. The van der Waals surface area contributed by atoms with Gasteiger partial charge in [-0.05, 0) is 52.4 Å². The van der Waals surface area contributed by atoms with Crippen molar-refractivity contribution in [2.75, 3.05) is 13.1 Å². The van der Waals surface area contributed by atoms with Gasteiger partial charge in [-0.2, -0.15) is 0 Å². The number of ether oxygens (including phenoxy) is 1. The van der Waals surface area contributed by atoms with Crippen LogP contribution in [0.25, 0.3) is 0 Å². The summed E-state index contributed by atoms with van der Waals surface area (Å²) in [6, 6.07) is 0.971. The van der Waals surface area contributed by atoms with Crippen LogP contribution in [0.1, 0.15) is 53.4 Å². The molecule has 4 nitrogen and oxygen atoms in total. The second-order valence-corrected chi connectivity index (χ2v) is 7.05. The average molecular weight is 268 g/mol. The molecule has 0 aromatic carbocycles. The van der Waals surface area contributed by atoms with E-state index in [4.69, 9.17) is 4.74 Å². The molecular weight excluding hydrogens is 240 g/mol. The molecule has 1 heterocycles. The van der Waals surface area contributed by atoms with Gasteiger partial charge in [-0.25, -0.2) is 4.79 Å². The first-order valence-electron chi connectivity index (χ1n) is 7.60. The molecule has 3 unspecified atom stereocenters. The molecule has 110 valence electrons. The number of piperidine rings is 1. The zero-order valence-corrected chi connectivity index (χ0v) is 12.7. The smallest absolute Gasteiger partial charge is 0.410 e. The van der Waals surface area contributed by atoms with E-state index in [1.165, 1.54) is 12.8 Å². The van der Waals surface area contributed by atoms with Crippen LogP contribution in [0.3, 0.4) is 0 Å². The summed E-state index contributed by atoms with van der Waals surface area (Å²) in [4.78, 5) is 14.2. The lowest BCUT2D eigenvalue weighted by atomic mass is 10.0. The predicted octanol–water partition coefficient (Wildman–Crippen LogP) is 2.77. The number of hydrogen-bond acceptors (Lipinski definition) is 3. The van der Waals surface area contributed by atoms with E-state index in [0.717, 1.165) is 31.8 Å². The first kappa shape index (κ1) is 14.6. The van der Waals surface area contributed by atoms with E-state index in [9.17, 15) is 4.79 Å². The predicted molar refractivity (Wildman–Crippen MR) is 76.2 cm³/mol. The lowest BCUT2D eigenvalue weighted by Gasteiger charge is -2.37. The lowest BCUT2D eigenvalue weighted by molar-refractivity contribution is 0.00989. The van der Waals surface area contributed by atoms with Gasteiger partial charge in [0.05, 0.1) is 0 Å². The first-order valence-corrected chi connectivity index (χ1v) is 7.60. The second kappa shape index (κ2) is 5.70. The maximum Gasteiger partial charge on any atom is 0.410 e. The molecule has 1 N–H and O–H groups in total. The monoisotopic (exact) mass is 268 g/mol. The van der Waals surface area contributed by atoms with Gasteiger partial charge >= 0.3 is 6.09 Å². The van der Waals surface area contributed by atoms with E-state index >= 15 is 0 Å². The van der Waals surface area contributed by atoms with Crippen LogP contribution < -0.4 is 5.32 Å². The van der Waals surface area contributed by atoms with Gasteiger partial charge in [0.2, 0.25) is 0 Å². The minimum absolute atomic E-state index is 0.150. The fourth-order valence-corrected chi connectivity index (χ4v) is 2.67. The highest BCUT2D eigenvalue weighted by Crippen LogP contribution is 2.29. The number of likely N-dealkylation sites (tertiary alicyclic amines) is 1. The highest BCUT2D eigenvalue weighted by molar-refractivity contribution is 5.68. The third-order valence-corrected chi connectivity index (χ3v) is 3.98. The van der Waals surface area contributed by atoms with Gasteiger partial charge in [0.15, 0.2) is 0 Å². The number of amides is 1. The topological polar surface area (TPSA) is 41.6 Å². The fraction of sp³-hybridized carbons (Fsp3) is 0.933. The summed E-state index contributed by atoms with van der Waals surface area (Å²) in [7, 11) is 0. The van der Waals surface area contributed by atoms with E-state index in [1.54, 1.807) is 0 Å². The second-order valence-electron chi connectivity index (χ2n) is 7.05. The van der Waals surface area contributed by atoms with Gasteiger partial charge in [-0.1, -0.05) is 6.92 Å². The Morgan fingerprint density at radius 1 is 1.37 bits per heavy atom. The molecule has 19 heavy (non-hydrogen) atoms. The van der Waals surface area contributed by atoms with Crippen molar-refractivity contribution in [1.82, 2.24) is 10.2 Å². The molecule has 4 heteroatoms. The lowest BCUT2D eigenvalue weighted by Crippen LogP contribution is -2.50. The highest BCUT2D eigenvalue weighted by Gasteiger charge is 2.35. The number of nitrogens with one attached hydrogen (secondary N) is 1. The number of nitrogens with zero attached hydrogens (tertiary/aromatic N) is 1. The summed E-state index contributed by atoms with van der Waals surface area (Å²) in [6.07, 6.45) is 4.52. The van der Waals surface area contributed by atoms with Crippen molar-refractivity contribution in [3.63, 3.8) is 0 Å². The van der Waals surface area contributed by atoms with Crippen molar-refractivity contribution in [1.29, 1.82) is 0 Å². The van der Waals surface area contributed by atoms with E-state index in [0.29, 0.717) is 12.1 Å². The summed E-state index contributed by atoms with van der Waals surface area (Å²) in [5.74, 6) is 0.804. The van der Waals surface area contributed by atoms with Crippen LogP contribution in [0.2, 0.25) is 0 Å². The van der Waals surface area contributed by atoms with Gasteiger partial charge in [-0.15, -0.1) is 0 Å². The van der Waals surface area contributed by atoms with E-state index in [1.807, 2.05) is 25.7 Å². The molecule has 1 aliphatic heterocycles. The average Bonchev–Trinajstić information content (AvgIpc) is 3.01. The van der Waals surface area contributed by atoms with Crippen molar-refractivity contribution < 1.29 is 9.53 Å². The standard InChI is InChI=1S/C15H28N2O2/c1-11-9-13(11)16-10-12-7-5-6-8-17(12)14(18)19-15(2,3)4/h11-13,16H,5-10H2,1-4H3. The van der Waals surface area contributed by atoms with E-state index in [2.05, 4.69) is 12.2 Å². The molecule has 1 amide bonds. The van der Waals surface area contributed by atoms with Crippen LogP contribution in [0.15, 0.2) is 0 Å². The van der Waals surface area contributed by atoms with E-state index < -0.39 is 5.60 Å². The molecule has 1 saturated carbocycles. The summed E-state index contributed by atoms with van der Waals surface area (Å²) < 4.78 is 5.51. The SMILES string of the molecule is CC1CC1NCC1CCCCN1C(=O)OC(C)(C)C. The van der Waals surface area contributed by atoms with Crippen molar-refractivity contribution in [2.24, 2.45) is 5.92 Å². The molecule has 1 aliphatic carbocycles. The molecule has 2 aliphatic rings. The Kier molecular flexibility index (Phi) is 4.39. The minimum atomic E-state index is -0.405. The van der Waals surface area contributed by atoms with Crippen molar-refractivity contribution in [3.05, 3.63) is 0 Å². The fourth-order valence-electron chi connectivity index (χ4n) is 2.67. The van der Waals surface area contributed by atoms with E-state index in [-0.39, 0.29) is 6.09 Å². The van der Waals surface area contributed by atoms with Gasteiger partial charge in [0, 0.05) is 25.2 Å². The third-order valence-electron chi connectivity index (χ3n) is 3.98. The molecule has 0 radical (unpaired) electrons. The largest absolute Gasteiger partial charge is 0.444 e. The highest BCUT2D eigenvalue weighted by atomic mass is 16.6. The minimum Gasteiger partial charge on any atom is -0.444 e. The zero-order chi connectivity index (χ0) is 14.0. The summed E-state index contributed by atoms with van der Waals surface area (Å²) in [5, 5.41) is 3.57. The van der Waals surface area contributed by atoms with Crippen molar-refractivity contribution in [3.8, 4) is 0 Å². The molecule has 0 aromatic rings. The normalized spacial score (nSPS) is 31.2. The molecule has 2 fully saturated rings. The van der Waals surface area contributed by atoms with Gasteiger partial charge in [-0.3, -0.25) is 0 Å². The Hall–Kier alpha value is -0.770. The molecule has 1 saturated heterocycles. The summed E-state index contributed by atoms with van der Waals surface area (Å²) in [5.41, 5.74) is -0.405. The van der Waals surface area contributed by atoms with Crippen molar-refractivity contribution >= 4 is 6.09 Å². The Labute approximate surface area is 116 Å². The van der Waals surface area contributed by atoms with Crippen LogP contribution in [-0.2, 0) is 4.74 Å². The molecule has 3 atom stereocenters. The zero-order valence-electron chi connectivity index (χ0n) is 12.7. The Morgan fingerprint density at radius 2 is 2.05 bits per heavy atom. The van der Waals surface area contributed by atoms with Crippen LogP contribution in [0, 0.1) is 5.92 Å². The quantitative estimate of drug-likeness (QED) is 0.855. The molecule has 0 bridgehead atoms. The molecular formula is C15H28N2O2. The maximum atomic E-state index is 12.2. The van der Waals surface area contributed by atoms with Crippen LogP contribution in [-0.4, -0.2) is 41.8 Å². The molecule has 2 rings (SSSR count). The Balaban J connectivity index is 1.85. The van der Waals surface area contributed by atoms with Gasteiger partial charge < -0.3 is 15.0 Å². The number of carbonyl (C=O) groups is 1. The molecule has 0 spiro atoms.